The van der Waals surface area contributed by atoms with Crippen molar-refractivity contribution in [2.24, 2.45) is 7.05 Å². The Morgan fingerprint density at radius 3 is 2.80 bits per heavy atom. The van der Waals surface area contributed by atoms with E-state index in [1.165, 1.54) is 6.20 Å². The van der Waals surface area contributed by atoms with Gasteiger partial charge < -0.3 is 9.84 Å². The molecule has 20 heavy (non-hydrogen) atoms. The van der Waals surface area contributed by atoms with E-state index < -0.39 is 5.97 Å². The monoisotopic (exact) mass is 270 g/mol. The van der Waals surface area contributed by atoms with Gasteiger partial charge in [-0.25, -0.2) is 4.79 Å². The molecule has 0 spiro atoms. The molecule has 0 atom stereocenters. The summed E-state index contributed by atoms with van der Waals surface area (Å²) in [7, 11) is 1.74. The molecule has 2 heterocycles. The number of hydrogen-bond acceptors (Lipinski definition) is 5. The van der Waals surface area contributed by atoms with Crippen LogP contribution in [-0.2, 0) is 7.05 Å². The molecule has 7 nitrogen and oxygen atoms in total. The van der Waals surface area contributed by atoms with Crippen molar-refractivity contribution in [3.8, 4) is 11.5 Å². The fourth-order valence-electron chi connectivity index (χ4n) is 1.84. The number of aryl methyl sites for hydroxylation is 1. The van der Waals surface area contributed by atoms with Crippen molar-refractivity contribution in [1.29, 1.82) is 0 Å². The van der Waals surface area contributed by atoms with Gasteiger partial charge in [-0.1, -0.05) is 12.1 Å². The van der Waals surface area contributed by atoms with Crippen LogP contribution in [0.25, 0.3) is 10.9 Å². The molecule has 0 aliphatic rings. The number of nitrogens with zero attached hydrogens (tertiary/aromatic N) is 4. The molecule has 1 N–H and O–H groups in total. The van der Waals surface area contributed by atoms with Crippen LogP contribution in [0.1, 0.15) is 10.5 Å². The second kappa shape index (κ2) is 4.61. The minimum absolute atomic E-state index is 0.163. The molecule has 0 unspecified atom stereocenters. The van der Waals surface area contributed by atoms with Gasteiger partial charge in [-0.15, -0.1) is 10.2 Å². The third-order valence-electron chi connectivity index (χ3n) is 2.73. The first kappa shape index (κ1) is 12.1. The Hall–Kier alpha value is -2.96. The second-order valence-corrected chi connectivity index (χ2v) is 4.15. The molecule has 0 amide bonds. The van der Waals surface area contributed by atoms with Crippen LogP contribution in [-0.4, -0.2) is 31.1 Å². The van der Waals surface area contributed by atoms with Crippen LogP contribution in [0.15, 0.2) is 36.7 Å². The SMILES string of the molecule is Cn1cc(Oc2c(C(=O)O)nnc3ccccc23)cn1. The van der Waals surface area contributed by atoms with Gasteiger partial charge in [0.05, 0.1) is 17.9 Å². The number of fused-ring (bicyclic) bond motifs is 1. The van der Waals surface area contributed by atoms with Crippen molar-refractivity contribution in [3.63, 3.8) is 0 Å². The summed E-state index contributed by atoms with van der Waals surface area (Å²) in [6.07, 6.45) is 3.14. The zero-order valence-electron chi connectivity index (χ0n) is 10.5. The number of aromatic carboxylic acids is 1. The van der Waals surface area contributed by atoms with Crippen LogP contribution in [0.2, 0.25) is 0 Å². The van der Waals surface area contributed by atoms with E-state index in [0.29, 0.717) is 16.7 Å². The summed E-state index contributed by atoms with van der Waals surface area (Å²) in [6.45, 7) is 0. The van der Waals surface area contributed by atoms with Gasteiger partial charge in [0.25, 0.3) is 0 Å². The summed E-state index contributed by atoms with van der Waals surface area (Å²) in [4.78, 5) is 11.3. The van der Waals surface area contributed by atoms with Crippen molar-refractivity contribution >= 4 is 16.9 Å². The average molecular weight is 270 g/mol. The van der Waals surface area contributed by atoms with Gasteiger partial charge in [-0.05, 0) is 12.1 Å². The molecule has 0 aliphatic carbocycles. The largest absolute Gasteiger partial charge is 0.476 e. The van der Waals surface area contributed by atoms with E-state index in [1.54, 1.807) is 42.2 Å². The molecule has 7 heteroatoms. The highest BCUT2D eigenvalue weighted by Gasteiger charge is 2.19. The Morgan fingerprint density at radius 1 is 1.30 bits per heavy atom. The van der Waals surface area contributed by atoms with Gasteiger partial charge in [0.1, 0.15) is 0 Å². The van der Waals surface area contributed by atoms with E-state index in [9.17, 15) is 9.90 Å². The normalized spacial score (nSPS) is 10.7. The third-order valence-corrected chi connectivity index (χ3v) is 2.73. The molecular weight excluding hydrogens is 260 g/mol. The summed E-state index contributed by atoms with van der Waals surface area (Å²) < 4.78 is 7.20. The van der Waals surface area contributed by atoms with Crippen molar-refractivity contribution in [1.82, 2.24) is 20.0 Å². The highest BCUT2D eigenvalue weighted by molar-refractivity contribution is 5.96. The maximum absolute atomic E-state index is 11.3. The minimum atomic E-state index is -1.19. The Bertz CT molecular complexity index is 797. The number of carboxylic acid groups (broad SMARTS) is 1. The van der Waals surface area contributed by atoms with Crippen molar-refractivity contribution in [3.05, 3.63) is 42.4 Å². The quantitative estimate of drug-likeness (QED) is 0.781. The second-order valence-electron chi connectivity index (χ2n) is 4.15. The predicted octanol–water partition coefficient (Wildman–Crippen LogP) is 1.85. The fourth-order valence-corrected chi connectivity index (χ4v) is 1.84. The first-order valence-electron chi connectivity index (χ1n) is 5.80. The number of rotatable bonds is 3. The highest BCUT2D eigenvalue weighted by atomic mass is 16.5. The van der Waals surface area contributed by atoms with Crippen molar-refractivity contribution < 1.29 is 14.6 Å². The number of carbonyl (C=O) groups is 1. The van der Waals surface area contributed by atoms with E-state index in [-0.39, 0.29) is 11.4 Å². The smallest absolute Gasteiger partial charge is 0.360 e. The van der Waals surface area contributed by atoms with Gasteiger partial charge >= 0.3 is 5.97 Å². The van der Waals surface area contributed by atoms with Gasteiger partial charge in [-0.2, -0.15) is 5.10 Å². The predicted molar refractivity (Wildman–Crippen MR) is 69.8 cm³/mol. The number of benzene rings is 1. The molecule has 0 saturated heterocycles. The molecule has 2 aromatic heterocycles. The first-order chi connectivity index (χ1) is 9.65. The molecule has 0 radical (unpaired) electrons. The van der Waals surface area contributed by atoms with Crippen LogP contribution in [0, 0.1) is 0 Å². The summed E-state index contributed by atoms with van der Waals surface area (Å²) in [5.41, 5.74) is 0.337. The Labute approximate surface area is 113 Å². The zero-order chi connectivity index (χ0) is 14.1. The van der Waals surface area contributed by atoms with E-state index in [1.807, 2.05) is 0 Å². The molecular formula is C13H10N4O3. The standard InChI is InChI=1S/C13H10N4O3/c1-17-7-8(6-14-17)20-12-9-4-2-3-5-10(9)15-16-11(12)13(18)19/h2-7H,1H3,(H,18,19). The van der Waals surface area contributed by atoms with E-state index >= 15 is 0 Å². The third kappa shape index (κ3) is 2.05. The van der Waals surface area contributed by atoms with Crippen LogP contribution in [0.3, 0.4) is 0 Å². The molecule has 1 aromatic carbocycles. The Morgan fingerprint density at radius 2 is 2.10 bits per heavy atom. The Balaban J connectivity index is 2.19. The summed E-state index contributed by atoms with van der Waals surface area (Å²) in [6, 6.07) is 7.06. The maximum atomic E-state index is 11.3. The molecule has 3 rings (SSSR count). The van der Waals surface area contributed by atoms with Gasteiger partial charge in [0, 0.05) is 12.4 Å². The van der Waals surface area contributed by atoms with Crippen LogP contribution in [0.4, 0.5) is 0 Å². The molecule has 0 aliphatic heterocycles. The van der Waals surface area contributed by atoms with Crippen LogP contribution < -0.4 is 4.74 Å². The lowest BCUT2D eigenvalue weighted by Gasteiger charge is -2.08. The lowest BCUT2D eigenvalue weighted by atomic mass is 10.2. The van der Waals surface area contributed by atoms with Gasteiger partial charge in [0.15, 0.2) is 11.5 Å². The van der Waals surface area contributed by atoms with Gasteiger partial charge in [-0.3, -0.25) is 4.68 Å². The maximum Gasteiger partial charge on any atom is 0.360 e. The summed E-state index contributed by atoms with van der Waals surface area (Å²) >= 11 is 0. The lowest BCUT2D eigenvalue weighted by Crippen LogP contribution is -2.05. The molecule has 3 aromatic rings. The minimum Gasteiger partial charge on any atom is -0.476 e. The van der Waals surface area contributed by atoms with Crippen LogP contribution >= 0.6 is 0 Å². The van der Waals surface area contributed by atoms with Gasteiger partial charge in [0.2, 0.25) is 5.69 Å². The van der Waals surface area contributed by atoms with E-state index in [2.05, 4.69) is 15.3 Å². The van der Waals surface area contributed by atoms with Crippen molar-refractivity contribution in [2.45, 2.75) is 0 Å². The first-order valence-corrected chi connectivity index (χ1v) is 5.80. The molecule has 100 valence electrons. The topological polar surface area (TPSA) is 90.1 Å². The molecule has 0 saturated carbocycles. The number of aromatic nitrogens is 4. The Kier molecular flexibility index (Phi) is 2.79. The van der Waals surface area contributed by atoms with Crippen LogP contribution in [0.5, 0.6) is 11.5 Å². The van der Waals surface area contributed by atoms with E-state index in [0.717, 1.165) is 0 Å². The summed E-state index contributed by atoms with van der Waals surface area (Å²) in [5.74, 6) is -0.591. The molecule has 0 fully saturated rings. The average Bonchev–Trinajstić information content (AvgIpc) is 2.84. The summed E-state index contributed by atoms with van der Waals surface area (Å²) in [5, 5.41) is 21.4. The number of ether oxygens (including phenoxy) is 1. The number of carboxylic acids is 1. The van der Waals surface area contributed by atoms with Crippen molar-refractivity contribution in [2.75, 3.05) is 0 Å². The number of hydrogen-bond donors (Lipinski definition) is 1. The molecule has 0 bridgehead atoms. The highest BCUT2D eigenvalue weighted by Crippen LogP contribution is 2.30. The zero-order valence-corrected chi connectivity index (χ0v) is 10.5. The van der Waals surface area contributed by atoms with E-state index in [4.69, 9.17) is 4.74 Å². The lowest BCUT2D eigenvalue weighted by molar-refractivity contribution is 0.0686. The fraction of sp³-hybridized carbons (Fsp3) is 0.0769.